The van der Waals surface area contributed by atoms with Gasteiger partial charge in [-0.25, -0.2) is 13.6 Å². The fraction of sp³-hybridized carbons (Fsp3) is 0.533. The Kier molecular flexibility index (Phi) is 8.57. The van der Waals surface area contributed by atoms with Crippen LogP contribution in [-0.4, -0.2) is 61.5 Å². The molecule has 2 aromatic carbocycles. The molecule has 6 nitrogen and oxygen atoms in total. The Morgan fingerprint density at radius 3 is 2.41 bits per heavy atom. The van der Waals surface area contributed by atoms with Crippen molar-refractivity contribution in [3.63, 3.8) is 0 Å². The summed E-state index contributed by atoms with van der Waals surface area (Å²) in [6, 6.07) is 9.07. The second-order valence-electron chi connectivity index (χ2n) is 12.0. The number of nitrogens with one attached hydrogen (secondary N) is 1. The summed E-state index contributed by atoms with van der Waals surface area (Å²) >= 11 is 6.30. The van der Waals surface area contributed by atoms with Crippen LogP contribution in [0.1, 0.15) is 62.1 Å². The van der Waals surface area contributed by atoms with Crippen molar-refractivity contribution < 1.29 is 18.4 Å². The number of piperidine rings is 1. The zero-order valence-electron chi connectivity index (χ0n) is 23.2. The van der Waals surface area contributed by atoms with Crippen molar-refractivity contribution in [1.82, 2.24) is 15.1 Å². The molecule has 2 aliphatic rings. The quantitative estimate of drug-likeness (QED) is 0.503. The summed E-state index contributed by atoms with van der Waals surface area (Å²) in [5.41, 5.74) is 6.70. The number of amides is 3. The first-order valence-corrected chi connectivity index (χ1v) is 14.0. The molecule has 0 spiro atoms. The predicted molar refractivity (Wildman–Crippen MR) is 150 cm³/mol. The van der Waals surface area contributed by atoms with Crippen LogP contribution < -0.4 is 11.1 Å². The molecule has 0 radical (unpaired) electrons. The Labute approximate surface area is 234 Å². The van der Waals surface area contributed by atoms with E-state index >= 15 is 0 Å². The molecule has 39 heavy (non-hydrogen) atoms. The van der Waals surface area contributed by atoms with Gasteiger partial charge in [0.25, 0.3) is 0 Å². The van der Waals surface area contributed by atoms with Crippen molar-refractivity contribution >= 4 is 23.5 Å². The van der Waals surface area contributed by atoms with Gasteiger partial charge in [0.1, 0.15) is 11.6 Å². The number of benzene rings is 2. The lowest BCUT2D eigenvalue weighted by atomic mass is 9.58. The number of halogens is 3. The molecule has 2 saturated heterocycles. The SMILES string of the molecule is CN(CCc1cc(Cl)ccc1C1CCN(C(=O)[C@@]2(C(C)(C)C)CNC[C@H]2c2ccc(F)cc2F)CC1)C(N)=O. The fourth-order valence-corrected chi connectivity index (χ4v) is 6.66. The lowest BCUT2D eigenvalue weighted by Gasteiger charge is -2.48. The summed E-state index contributed by atoms with van der Waals surface area (Å²) in [6.07, 6.45) is 2.21. The maximum Gasteiger partial charge on any atom is 0.314 e. The third kappa shape index (κ3) is 5.78. The van der Waals surface area contributed by atoms with E-state index in [2.05, 4.69) is 11.4 Å². The lowest BCUT2D eigenvalue weighted by Crippen LogP contribution is -2.56. The van der Waals surface area contributed by atoms with E-state index in [9.17, 15) is 18.4 Å². The molecule has 3 amide bonds. The van der Waals surface area contributed by atoms with Gasteiger partial charge in [0.2, 0.25) is 5.91 Å². The van der Waals surface area contributed by atoms with Crippen LogP contribution >= 0.6 is 11.6 Å². The molecule has 2 aliphatic heterocycles. The van der Waals surface area contributed by atoms with Gasteiger partial charge in [-0.15, -0.1) is 0 Å². The third-order valence-electron chi connectivity index (χ3n) is 8.82. The predicted octanol–water partition coefficient (Wildman–Crippen LogP) is 5.30. The number of rotatable bonds is 6. The van der Waals surface area contributed by atoms with Crippen molar-refractivity contribution in [3.05, 3.63) is 69.7 Å². The average Bonchev–Trinajstić information content (AvgIpc) is 3.33. The Morgan fingerprint density at radius 2 is 1.79 bits per heavy atom. The van der Waals surface area contributed by atoms with Crippen LogP contribution in [-0.2, 0) is 11.2 Å². The van der Waals surface area contributed by atoms with Crippen LogP contribution in [0, 0.1) is 22.5 Å². The Hall–Kier alpha value is -2.71. The molecule has 0 unspecified atom stereocenters. The summed E-state index contributed by atoms with van der Waals surface area (Å²) in [5.74, 6) is -1.38. The molecular weight excluding hydrogens is 522 g/mol. The third-order valence-corrected chi connectivity index (χ3v) is 9.06. The Morgan fingerprint density at radius 1 is 1.13 bits per heavy atom. The molecule has 0 aliphatic carbocycles. The summed E-state index contributed by atoms with van der Waals surface area (Å²) in [6.45, 7) is 8.64. The summed E-state index contributed by atoms with van der Waals surface area (Å²) in [7, 11) is 1.67. The van der Waals surface area contributed by atoms with Gasteiger partial charge >= 0.3 is 6.03 Å². The van der Waals surface area contributed by atoms with Gasteiger partial charge in [0.05, 0.1) is 5.41 Å². The Bertz CT molecular complexity index is 1230. The highest BCUT2D eigenvalue weighted by molar-refractivity contribution is 6.30. The van der Waals surface area contributed by atoms with Gasteiger partial charge in [-0.05, 0) is 65.5 Å². The van der Waals surface area contributed by atoms with E-state index in [-0.39, 0.29) is 11.8 Å². The molecule has 212 valence electrons. The van der Waals surface area contributed by atoms with Gasteiger partial charge in [0, 0.05) is 56.8 Å². The van der Waals surface area contributed by atoms with Crippen molar-refractivity contribution in [2.75, 3.05) is 39.8 Å². The van der Waals surface area contributed by atoms with Gasteiger partial charge in [-0.2, -0.15) is 0 Å². The molecule has 9 heteroatoms. The highest BCUT2D eigenvalue weighted by atomic mass is 35.5. The summed E-state index contributed by atoms with van der Waals surface area (Å²) < 4.78 is 28.7. The number of nitrogens with zero attached hydrogens (tertiary/aromatic N) is 2. The highest BCUT2D eigenvalue weighted by Gasteiger charge is 2.58. The van der Waals surface area contributed by atoms with Crippen molar-refractivity contribution in [2.45, 2.75) is 51.9 Å². The second kappa shape index (κ2) is 11.4. The number of carbonyl (C=O) groups excluding carboxylic acids is 2. The maximum absolute atomic E-state index is 15.0. The van der Waals surface area contributed by atoms with E-state index in [1.165, 1.54) is 22.6 Å². The molecule has 2 aromatic rings. The molecule has 0 bridgehead atoms. The second-order valence-corrected chi connectivity index (χ2v) is 12.4. The van der Waals surface area contributed by atoms with E-state index in [1.54, 1.807) is 7.05 Å². The first kappa shape index (κ1) is 29.3. The highest BCUT2D eigenvalue weighted by Crippen LogP contribution is 2.53. The van der Waals surface area contributed by atoms with Gasteiger partial charge in [0.15, 0.2) is 0 Å². The van der Waals surface area contributed by atoms with E-state index in [0.29, 0.717) is 49.7 Å². The summed E-state index contributed by atoms with van der Waals surface area (Å²) in [4.78, 5) is 29.2. The summed E-state index contributed by atoms with van der Waals surface area (Å²) in [5, 5.41) is 3.99. The zero-order chi connectivity index (χ0) is 28.5. The minimum Gasteiger partial charge on any atom is -0.351 e. The number of urea groups is 1. The molecule has 0 aromatic heterocycles. The molecule has 0 saturated carbocycles. The van der Waals surface area contributed by atoms with Crippen LogP contribution in [0.25, 0.3) is 0 Å². The smallest absolute Gasteiger partial charge is 0.314 e. The monoisotopic (exact) mass is 560 g/mol. The molecular formula is C30H39ClF2N4O2. The number of likely N-dealkylation sites (tertiary alicyclic amines) is 1. The number of carbonyl (C=O) groups is 2. The molecule has 2 fully saturated rings. The van der Waals surface area contributed by atoms with Gasteiger partial charge in [-0.3, -0.25) is 4.79 Å². The molecule has 2 atom stereocenters. The van der Waals surface area contributed by atoms with E-state index in [4.69, 9.17) is 17.3 Å². The van der Waals surface area contributed by atoms with Gasteiger partial charge in [-0.1, -0.05) is 44.5 Å². The average molecular weight is 561 g/mol. The number of hydrogen-bond acceptors (Lipinski definition) is 3. The van der Waals surface area contributed by atoms with Gasteiger partial charge < -0.3 is 20.9 Å². The standard InChI is InChI=1S/C30H39ClF2N4O2/c1-29(2,3)30(18-35-17-25(30)24-8-6-22(32)16-26(24)33)27(38)37-13-10-19(11-14-37)23-7-5-21(31)15-20(23)9-12-36(4)28(34)39/h5-8,15-16,19,25,35H,9-14,17-18H2,1-4H3,(H2,34,39)/t25-,30+/m0/s1. The number of hydrogen-bond donors (Lipinski definition) is 2. The first-order valence-electron chi connectivity index (χ1n) is 13.6. The first-order chi connectivity index (χ1) is 18.3. The zero-order valence-corrected chi connectivity index (χ0v) is 24.0. The number of likely N-dealkylation sites (N-methyl/N-ethyl adjacent to an activating group) is 1. The lowest BCUT2D eigenvalue weighted by molar-refractivity contribution is -0.150. The number of primary amides is 1. The number of nitrogens with two attached hydrogens (primary N) is 1. The van der Waals surface area contributed by atoms with Crippen molar-refractivity contribution in [2.24, 2.45) is 16.6 Å². The topological polar surface area (TPSA) is 78.7 Å². The van der Waals surface area contributed by atoms with E-state index < -0.39 is 34.4 Å². The van der Waals surface area contributed by atoms with E-state index in [1.807, 2.05) is 37.8 Å². The minimum absolute atomic E-state index is 0.0200. The molecule has 3 N–H and O–H groups in total. The van der Waals surface area contributed by atoms with Crippen molar-refractivity contribution in [1.29, 1.82) is 0 Å². The van der Waals surface area contributed by atoms with Crippen molar-refractivity contribution in [3.8, 4) is 0 Å². The molecule has 4 rings (SSSR count). The van der Waals surface area contributed by atoms with Crippen LogP contribution in [0.4, 0.5) is 13.6 Å². The van der Waals surface area contributed by atoms with E-state index in [0.717, 1.165) is 24.5 Å². The van der Waals surface area contributed by atoms with Crippen LogP contribution in [0.3, 0.4) is 0 Å². The normalized spacial score (nSPS) is 22.2. The minimum atomic E-state index is -0.872. The van der Waals surface area contributed by atoms with Crippen LogP contribution in [0.2, 0.25) is 5.02 Å². The largest absolute Gasteiger partial charge is 0.351 e. The van der Waals surface area contributed by atoms with Crippen LogP contribution in [0.15, 0.2) is 36.4 Å². The fourth-order valence-electron chi connectivity index (χ4n) is 6.47. The molecule has 2 heterocycles. The Balaban J connectivity index is 1.55. The van der Waals surface area contributed by atoms with Crippen LogP contribution in [0.5, 0.6) is 0 Å². The maximum atomic E-state index is 15.0.